The van der Waals surface area contributed by atoms with Crippen molar-refractivity contribution in [2.45, 2.75) is 66.4 Å². The number of hydrogen-bond acceptors (Lipinski definition) is 3. The summed E-state index contributed by atoms with van der Waals surface area (Å²) in [5.74, 6) is 0.552. The lowest BCUT2D eigenvalue weighted by Crippen LogP contribution is -2.33. The molecule has 0 rings (SSSR count). The van der Waals surface area contributed by atoms with Gasteiger partial charge in [-0.15, -0.1) is 0 Å². The van der Waals surface area contributed by atoms with Crippen molar-refractivity contribution in [2.75, 3.05) is 19.7 Å². The molecule has 0 aromatic heterocycles. The Balaban J connectivity index is 3.99. The summed E-state index contributed by atoms with van der Waals surface area (Å²) in [6, 6.07) is 0. The van der Waals surface area contributed by atoms with E-state index in [1.54, 1.807) is 0 Å². The van der Waals surface area contributed by atoms with Crippen LogP contribution >= 0.6 is 0 Å². The Morgan fingerprint density at radius 1 is 1.18 bits per heavy atom. The van der Waals surface area contributed by atoms with Gasteiger partial charge < -0.3 is 15.4 Å². The van der Waals surface area contributed by atoms with Gasteiger partial charge >= 0.3 is 0 Å². The Morgan fingerprint density at radius 2 is 1.82 bits per heavy atom. The van der Waals surface area contributed by atoms with E-state index in [1.807, 2.05) is 13.8 Å². The Bertz CT molecular complexity index is 339. The van der Waals surface area contributed by atoms with Gasteiger partial charge in [0.25, 0.3) is 0 Å². The second-order valence-corrected chi connectivity index (χ2v) is 7.72. The molecule has 0 unspecified atom stereocenters. The smallest absolute Gasteiger partial charge is 0.220 e. The number of hydrogen-bond donors (Lipinski definition) is 2. The van der Waals surface area contributed by atoms with Crippen LogP contribution in [0.5, 0.6) is 0 Å². The Labute approximate surface area is 135 Å². The minimum Gasteiger partial charge on any atom is -0.376 e. The third kappa shape index (κ3) is 11.5. The zero-order chi connectivity index (χ0) is 17.2. The van der Waals surface area contributed by atoms with Crippen molar-refractivity contribution in [1.29, 1.82) is 0 Å². The predicted octanol–water partition coefficient (Wildman–Crippen LogP) is 2.50. The molecule has 0 aliphatic heterocycles. The topological polar surface area (TPSA) is 67.4 Å². The SMILES string of the molecule is CC(C)CNC(=O)CCC(C)(C)OCCC(C)(C)CNC=O. The van der Waals surface area contributed by atoms with Crippen LogP contribution in [0.15, 0.2) is 0 Å². The Hall–Kier alpha value is -1.10. The van der Waals surface area contributed by atoms with Crippen LogP contribution in [0.2, 0.25) is 0 Å². The van der Waals surface area contributed by atoms with Crippen molar-refractivity contribution in [1.82, 2.24) is 10.6 Å². The van der Waals surface area contributed by atoms with E-state index in [2.05, 4.69) is 38.3 Å². The van der Waals surface area contributed by atoms with Gasteiger partial charge in [-0.25, -0.2) is 0 Å². The van der Waals surface area contributed by atoms with E-state index < -0.39 is 0 Å². The molecule has 0 atom stereocenters. The lowest BCUT2D eigenvalue weighted by molar-refractivity contribution is -0.123. The van der Waals surface area contributed by atoms with Crippen LogP contribution in [0.25, 0.3) is 0 Å². The molecular formula is C17H34N2O3. The molecule has 0 bridgehead atoms. The van der Waals surface area contributed by atoms with Crippen LogP contribution in [0, 0.1) is 11.3 Å². The van der Waals surface area contributed by atoms with Crippen molar-refractivity contribution in [3.05, 3.63) is 0 Å². The highest BCUT2D eigenvalue weighted by molar-refractivity contribution is 5.75. The number of rotatable bonds is 12. The quantitative estimate of drug-likeness (QED) is 0.544. The van der Waals surface area contributed by atoms with Crippen molar-refractivity contribution in [3.63, 3.8) is 0 Å². The van der Waals surface area contributed by atoms with E-state index in [4.69, 9.17) is 4.74 Å². The standard InChI is InChI=1S/C17H34N2O3/c1-14(2)11-19-15(21)7-8-17(5,6)22-10-9-16(3,4)12-18-13-20/h13-14H,7-12H2,1-6H3,(H,18,20)(H,19,21). The minimum absolute atomic E-state index is 0.00558. The average molecular weight is 314 g/mol. The van der Waals surface area contributed by atoms with Gasteiger partial charge in [0.05, 0.1) is 5.60 Å². The molecule has 2 N–H and O–H groups in total. The predicted molar refractivity (Wildman–Crippen MR) is 89.6 cm³/mol. The average Bonchev–Trinajstić information content (AvgIpc) is 2.40. The lowest BCUT2D eigenvalue weighted by Gasteiger charge is -2.29. The second-order valence-electron chi connectivity index (χ2n) is 7.72. The lowest BCUT2D eigenvalue weighted by atomic mass is 9.89. The fraction of sp³-hybridized carbons (Fsp3) is 0.882. The molecular weight excluding hydrogens is 280 g/mol. The van der Waals surface area contributed by atoms with Crippen LogP contribution < -0.4 is 10.6 Å². The molecule has 0 saturated heterocycles. The molecule has 0 saturated carbocycles. The van der Waals surface area contributed by atoms with Gasteiger partial charge in [-0.3, -0.25) is 9.59 Å². The molecule has 5 nitrogen and oxygen atoms in total. The van der Waals surface area contributed by atoms with Crippen LogP contribution in [0.4, 0.5) is 0 Å². The number of ether oxygens (including phenoxy) is 1. The molecule has 130 valence electrons. The Kier molecular flexibility index (Phi) is 9.33. The molecule has 0 aromatic carbocycles. The number of carbonyl (C=O) groups excluding carboxylic acids is 2. The summed E-state index contributed by atoms with van der Waals surface area (Å²) in [6.07, 6.45) is 2.76. The van der Waals surface area contributed by atoms with Gasteiger partial charge in [0, 0.05) is 26.1 Å². The first kappa shape index (κ1) is 20.9. The third-order valence-corrected chi connectivity index (χ3v) is 3.60. The van der Waals surface area contributed by atoms with Crippen molar-refractivity contribution >= 4 is 12.3 Å². The Morgan fingerprint density at radius 3 is 2.36 bits per heavy atom. The first-order valence-corrected chi connectivity index (χ1v) is 8.16. The molecule has 0 spiro atoms. The van der Waals surface area contributed by atoms with Crippen LogP contribution in [0.3, 0.4) is 0 Å². The fourth-order valence-corrected chi connectivity index (χ4v) is 1.90. The summed E-state index contributed by atoms with van der Waals surface area (Å²) < 4.78 is 5.93. The van der Waals surface area contributed by atoms with E-state index in [1.165, 1.54) is 0 Å². The molecule has 22 heavy (non-hydrogen) atoms. The molecule has 0 radical (unpaired) electrons. The second kappa shape index (κ2) is 9.82. The maximum absolute atomic E-state index is 11.7. The maximum Gasteiger partial charge on any atom is 0.220 e. The van der Waals surface area contributed by atoms with Gasteiger partial charge in [0.2, 0.25) is 12.3 Å². The number of nitrogens with one attached hydrogen (secondary N) is 2. The van der Waals surface area contributed by atoms with Crippen molar-refractivity contribution < 1.29 is 14.3 Å². The molecule has 0 fully saturated rings. The molecule has 0 aliphatic rings. The van der Waals surface area contributed by atoms with Crippen LogP contribution in [-0.2, 0) is 14.3 Å². The van der Waals surface area contributed by atoms with Crippen LogP contribution in [0.1, 0.15) is 60.8 Å². The van der Waals surface area contributed by atoms with E-state index in [9.17, 15) is 9.59 Å². The zero-order valence-electron chi connectivity index (χ0n) is 15.1. The van der Waals surface area contributed by atoms with E-state index in [-0.39, 0.29) is 16.9 Å². The summed E-state index contributed by atoms with van der Waals surface area (Å²) in [5, 5.41) is 5.63. The zero-order valence-corrected chi connectivity index (χ0v) is 15.1. The normalized spacial score (nSPS) is 12.3. The largest absolute Gasteiger partial charge is 0.376 e. The highest BCUT2D eigenvalue weighted by Gasteiger charge is 2.23. The summed E-state index contributed by atoms with van der Waals surface area (Å²) in [6.45, 7) is 14.4. The van der Waals surface area contributed by atoms with Gasteiger partial charge in [0.1, 0.15) is 0 Å². The van der Waals surface area contributed by atoms with Gasteiger partial charge in [-0.1, -0.05) is 27.7 Å². The molecule has 0 aliphatic carbocycles. The third-order valence-electron chi connectivity index (χ3n) is 3.60. The van der Waals surface area contributed by atoms with Crippen molar-refractivity contribution in [3.8, 4) is 0 Å². The number of carbonyl (C=O) groups is 2. The highest BCUT2D eigenvalue weighted by atomic mass is 16.5. The molecule has 0 heterocycles. The maximum atomic E-state index is 11.7. The van der Waals surface area contributed by atoms with Gasteiger partial charge in [-0.2, -0.15) is 0 Å². The van der Waals surface area contributed by atoms with E-state index in [0.717, 1.165) is 19.4 Å². The highest BCUT2D eigenvalue weighted by Crippen LogP contribution is 2.22. The number of amides is 2. The first-order chi connectivity index (χ1) is 10.1. The van der Waals surface area contributed by atoms with Gasteiger partial charge in [-0.05, 0) is 38.0 Å². The van der Waals surface area contributed by atoms with E-state index >= 15 is 0 Å². The summed E-state index contributed by atoms with van der Waals surface area (Å²) >= 11 is 0. The summed E-state index contributed by atoms with van der Waals surface area (Å²) in [7, 11) is 0. The monoisotopic (exact) mass is 314 g/mol. The molecule has 5 heteroatoms. The molecule has 0 aromatic rings. The minimum atomic E-state index is -0.316. The fourth-order valence-electron chi connectivity index (χ4n) is 1.90. The van der Waals surface area contributed by atoms with Crippen LogP contribution in [-0.4, -0.2) is 37.6 Å². The summed E-state index contributed by atoms with van der Waals surface area (Å²) in [4.78, 5) is 22.1. The van der Waals surface area contributed by atoms with E-state index in [0.29, 0.717) is 31.9 Å². The summed E-state index contributed by atoms with van der Waals surface area (Å²) in [5.41, 5.74) is -0.311. The van der Waals surface area contributed by atoms with Crippen molar-refractivity contribution in [2.24, 2.45) is 11.3 Å². The molecule has 2 amide bonds. The first-order valence-electron chi connectivity index (χ1n) is 8.16. The van der Waals surface area contributed by atoms with Gasteiger partial charge in [0.15, 0.2) is 0 Å².